The van der Waals surface area contributed by atoms with Gasteiger partial charge >= 0.3 is 0 Å². The van der Waals surface area contributed by atoms with Crippen LogP contribution in [0.25, 0.3) is 0 Å². The van der Waals surface area contributed by atoms with Crippen molar-refractivity contribution < 1.29 is 14.3 Å². The van der Waals surface area contributed by atoms with Gasteiger partial charge in [0.05, 0.1) is 0 Å². The van der Waals surface area contributed by atoms with Crippen molar-refractivity contribution in [3.8, 4) is 0 Å². The molecule has 5 nitrogen and oxygen atoms in total. The summed E-state index contributed by atoms with van der Waals surface area (Å²) in [6, 6.07) is 0.389. The molecular formula is C15H29ClN2O3. The minimum atomic E-state index is 0. The predicted octanol–water partition coefficient (Wildman–Crippen LogP) is 1.50. The standard InChI is InChI=1S/C15H28N2O3.ClH/c18-15(11-14-3-1-6-16-14)17-7-2-8-20-12-13-4-9-19-10-5-13;/h13-14,16H,1-12H2,(H,17,18);1H. The van der Waals surface area contributed by atoms with E-state index >= 15 is 0 Å². The van der Waals surface area contributed by atoms with Crippen LogP contribution in [0.3, 0.4) is 0 Å². The van der Waals surface area contributed by atoms with Gasteiger partial charge in [0.2, 0.25) is 5.91 Å². The molecule has 124 valence electrons. The normalized spacial score (nSPS) is 22.8. The molecule has 0 spiro atoms. The van der Waals surface area contributed by atoms with E-state index in [0.717, 1.165) is 65.2 Å². The maximum atomic E-state index is 11.7. The van der Waals surface area contributed by atoms with Crippen LogP contribution in [0, 0.1) is 5.92 Å². The zero-order valence-corrected chi connectivity index (χ0v) is 13.6. The van der Waals surface area contributed by atoms with Gasteiger partial charge in [-0.2, -0.15) is 0 Å². The van der Waals surface area contributed by atoms with Crippen molar-refractivity contribution in [1.29, 1.82) is 0 Å². The molecule has 1 unspecified atom stereocenters. The van der Waals surface area contributed by atoms with Crippen LogP contribution in [-0.2, 0) is 14.3 Å². The van der Waals surface area contributed by atoms with Gasteiger partial charge in [-0.25, -0.2) is 0 Å². The number of halogens is 1. The molecule has 0 saturated carbocycles. The second-order valence-corrected chi connectivity index (χ2v) is 5.83. The first kappa shape index (κ1) is 18.7. The summed E-state index contributed by atoms with van der Waals surface area (Å²) in [5.74, 6) is 0.820. The molecule has 0 aromatic rings. The zero-order chi connectivity index (χ0) is 14.0. The first-order valence-electron chi connectivity index (χ1n) is 8.00. The van der Waals surface area contributed by atoms with E-state index in [4.69, 9.17) is 9.47 Å². The molecule has 2 heterocycles. The predicted molar refractivity (Wildman–Crippen MR) is 84.9 cm³/mol. The lowest BCUT2D eigenvalue weighted by Gasteiger charge is -2.21. The number of carbonyl (C=O) groups is 1. The van der Waals surface area contributed by atoms with E-state index in [1.807, 2.05) is 0 Å². The van der Waals surface area contributed by atoms with Gasteiger partial charge in [0.1, 0.15) is 0 Å². The van der Waals surface area contributed by atoms with Gasteiger partial charge in [-0.3, -0.25) is 4.79 Å². The second kappa shape index (κ2) is 11.2. The number of carbonyl (C=O) groups excluding carboxylic acids is 1. The number of ether oxygens (including phenoxy) is 2. The minimum Gasteiger partial charge on any atom is -0.381 e. The third-order valence-electron chi connectivity index (χ3n) is 4.08. The van der Waals surface area contributed by atoms with E-state index in [0.29, 0.717) is 18.4 Å². The number of hydrogen-bond donors (Lipinski definition) is 2. The Morgan fingerprint density at radius 3 is 2.81 bits per heavy atom. The highest BCUT2D eigenvalue weighted by atomic mass is 35.5. The molecule has 0 aromatic carbocycles. The molecule has 2 fully saturated rings. The molecule has 1 atom stereocenters. The van der Waals surface area contributed by atoms with Crippen molar-refractivity contribution >= 4 is 18.3 Å². The van der Waals surface area contributed by atoms with Gasteiger partial charge in [0.25, 0.3) is 0 Å². The largest absolute Gasteiger partial charge is 0.381 e. The van der Waals surface area contributed by atoms with Crippen LogP contribution in [0.15, 0.2) is 0 Å². The van der Waals surface area contributed by atoms with Crippen LogP contribution in [0.5, 0.6) is 0 Å². The summed E-state index contributed by atoms with van der Waals surface area (Å²) < 4.78 is 11.0. The fourth-order valence-corrected chi connectivity index (χ4v) is 2.79. The molecule has 0 aromatic heterocycles. The Morgan fingerprint density at radius 1 is 1.29 bits per heavy atom. The summed E-state index contributed by atoms with van der Waals surface area (Å²) in [6.07, 6.45) is 6.06. The Hall–Kier alpha value is -0.360. The Labute approximate surface area is 133 Å². The summed E-state index contributed by atoms with van der Waals surface area (Å²) in [4.78, 5) is 11.7. The molecule has 2 N–H and O–H groups in total. The SMILES string of the molecule is Cl.O=C(CC1CCCN1)NCCCOCC1CCOCC1. The molecule has 21 heavy (non-hydrogen) atoms. The molecule has 2 saturated heterocycles. The minimum absolute atomic E-state index is 0. The van der Waals surface area contributed by atoms with Crippen molar-refractivity contribution in [3.05, 3.63) is 0 Å². The first-order chi connectivity index (χ1) is 9.84. The molecule has 0 aliphatic carbocycles. The van der Waals surface area contributed by atoms with Gasteiger partial charge < -0.3 is 20.1 Å². The first-order valence-corrected chi connectivity index (χ1v) is 8.00. The van der Waals surface area contributed by atoms with Crippen molar-refractivity contribution in [2.45, 2.75) is 44.6 Å². The van der Waals surface area contributed by atoms with E-state index in [1.54, 1.807) is 0 Å². The van der Waals surface area contributed by atoms with Crippen LogP contribution >= 0.6 is 12.4 Å². The maximum absolute atomic E-state index is 11.7. The zero-order valence-electron chi connectivity index (χ0n) is 12.8. The Balaban J connectivity index is 0.00000220. The lowest BCUT2D eigenvalue weighted by molar-refractivity contribution is -0.121. The van der Waals surface area contributed by atoms with E-state index < -0.39 is 0 Å². The van der Waals surface area contributed by atoms with Gasteiger partial charge in [-0.05, 0) is 44.6 Å². The van der Waals surface area contributed by atoms with E-state index in [1.165, 1.54) is 6.42 Å². The number of rotatable bonds is 8. The van der Waals surface area contributed by atoms with Gasteiger partial charge in [-0.15, -0.1) is 12.4 Å². The fourth-order valence-electron chi connectivity index (χ4n) is 2.79. The monoisotopic (exact) mass is 320 g/mol. The third kappa shape index (κ3) is 8.00. The third-order valence-corrected chi connectivity index (χ3v) is 4.08. The number of nitrogens with one attached hydrogen (secondary N) is 2. The van der Waals surface area contributed by atoms with E-state index in [-0.39, 0.29) is 18.3 Å². The van der Waals surface area contributed by atoms with E-state index in [2.05, 4.69) is 10.6 Å². The van der Waals surface area contributed by atoms with Crippen LogP contribution < -0.4 is 10.6 Å². The Bertz CT molecular complexity index is 280. The molecule has 0 radical (unpaired) electrons. The van der Waals surface area contributed by atoms with Gasteiger partial charge in [-0.1, -0.05) is 0 Å². The van der Waals surface area contributed by atoms with Crippen molar-refractivity contribution in [2.75, 3.05) is 39.5 Å². The molecular weight excluding hydrogens is 292 g/mol. The Kier molecular flexibility index (Phi) is 10.0. The lowest BCUT2D eigenvalue weighted by atomic mass is 10.0. The van der Waals surface area contributed by atoms with Crippen LogP contribution in [0.1, 0.15) is 38.5 Å². The highest BCUT2D eigenvalue weighted by Crippen LogP contribution is 2.14. The highest BCUT2D eigenvalue weighted by Gasteiger charge is 2.17. The summed E-state index contributed by atoms with van der Waals surface area (Å²) in [6.45, 7) is 5.10. The summed E-state index contributed by atoms with van der Waals surface area (Å²) in [5.41, 5.74) is 0. The van der Waals surface area contributed by atoms with Crippen LogP contribution in [0.4, 0.5) is 0 Å². The summed E-state index contributed by atoms with van der Waals surface area (Å²) in [5, 5.41) is 6.31. The quantitative estimate of drug-likeness (QED) is 0.665. The van der Waals surface area contributed by atoms with Crippen molar-refractivity contribution in [2.24, 2.45) is 5.92 Å². The van der Waals surface area contributed by atoms with Crippen LogP contribution in [-0.4, -0.2) is 51.5 Å². The van der Waals surface area contributed by atoms with Crippen LogP contribution in [0.2, 0.25) is 0 Å². The number of amides is 1. The maximum Gasteiger partial charge on any atom is 0.221 e. The molecule has 2 aliphatic heterocycles. The van der Waals surface area contributed by atoms with E-state index in [9.17, 15) is 4.79 Å². The second-order valence-electron chi connectivity index (χ2n) is 5.83. The molecule has 1 amide bonds. The van der Waals surface area contributed by atoms with Crippen molar-refractivity contribution in [3.63, 3.8) is 0 Å². The Morgan fingerprint density at radius 2 is 2.10 bits per heavy atom. The summed E-state index contributed by atoms with van der Waals surface area (Å²) in [7, 11) is 0. The lowest BCUT2D eigenvalue weighted by Crippen LogP contribution is -2.32. The van der Waals surface area contributed by atoms with Gasteiger partial charge in [0.15, 0.2) is 0 Å². The molecule has 6 heteroatoms. The molecule has 0 bridgehead atoms. The average Bonchev–Trinajstić information content (AvgIpc) is 2.96. The van der Waals surface area contributed by atoms with Gasteiger partial charge in [0, 0.05) is 45.4 Å². The average molecular weight is 321 g/mol. The van der Waals surface area contributed by atoms with Crippen molar-refractivity contribution in [1.82, 2.24) is 10.6 Å². The summed E-state index contributed by atoms with van der Waals surface area (Å²) >= 11 is 0. The molecule has 2 rings (SSSR count). The highest BCUT2D eigenvalue weighted by molar-refractivity contribution is 5.85. The number of hydrogen-bond acceptors (Lipinski definition) is 4. The topological polar surface area (TPSA) is 59.6 Å². The fraction of sp³-hybridized carbons (Fsp3) is 0.933. The smallest absolute Gasteiger partial charge is 0.221 e. The molecule has 2 aliphatic rings.